The van der Waals surface area contributed by atoms with E-state index in [4.69, 9.17) is 16.3 Å². The number of nitrogens with zero attached hydrogens (tertiary/aromatic N) is 2. The Balaban J connectivity index is 1.71. The van der Waals surface area contributed by atoms with Crippen molar-refractivity contribution in [3.05, 3.63) is 57.6 Å². The number of halogens is 1. The summed E-state index contributed by atoms with van der Waals surface area (Å²) in [6, 6.07) is 10.5. The molecule has 1 aliphatic heterocycles. The van der Waals surface area contributed by atoms with Crippen LogP contribution in [0.15, 0.2) is 42.5 Å². The maximum absolute atomic E-state index is 12.8. The first kappa shape index (κ1) is 18.4. The van der Waals surface area contributed by atoms with Crippen molar-refractivity contribution < 1.29 is 19.2 Å². The van der Waals surface area contributed by atoms with Crippen LogP contribution >= 0.6 is 11.6 Å². The van der Waals surface area contributed by atoms with Gasteiger partial charge in [0, 0.05) is 17.2 Å². The molecular formula is C20H17ClN2O5. The van der Waals surface area contributed by atoms with Gasteiger partial charge in [0.1, 0.15) is 11.5 Å². The number of hydrogen-bond acceptors (Lipinski definition) is 5. The summed E-state index contributed by atoms with van der Waals surface area (Å²) in [5.41, 5.74) is -0.0838. The van der Waals surface area contributed by atoms with Crippen LogP contribution in [0.25, 0.3) is 0 Å². The molecule has 1 saturated carbocycles. The fourth-order valence-electron chi connectivity index (χ4n) is 3.92. The molecule has 0 radical (unpaired) electrons. The SMILES string of the molecule is O=C1[C@H]2CCCC[C@H]2C(=O)N1c1cc(Oc2ccc(Cl)cc2)cc([N+](=O)[O-])c1. The highest BCUT2D eigenvalue weighted by molar-refractivity contribution is 6.30. The number of ether oxygens (including phenoxy) is 1. The van der Waals surface area contributed by atoms with Gasteiger partial charge in [-0.05, 0) is 37.1 Å². The molecule has 0 aromatic heterocycles. The van der Waals surface area contributed by atoms with E-state index in [1.54, 1.807) is 24.3 Å². The van der Waals surface area contributed by atoms with Gasteiger partial charge in [-0.2, -0.15) is 0 Å². The number of nitro benzene ring substituents is 1. The van der Waals surface area contributed by atoms with Gasteiger partial charge in [-0.25, -0.2) is 4.90 Å². The van der Waals surface area contributed by atoms with Gasteiger partial charge in [-0.3, -0.25) is 19.7 Å². The van der Waals surface area contributed by atoms with Gasteiger partial charge in [0.25, 0.3) is 5.69 Å². The molecule has 0 bridgehead atoms. The van der Waals surface area contributed by atoms with Gasteiger partial charge in [-0.1, -0.05) is 24.4 Å². The lowest BCUT2D eigenvalue weighted by molar-refractivity contribution is -0.384. The van der Waals surface area contributed by atoms with Gasteiger partial charge in [0.15, 0.2) is 0 Å². The Labute approximate surface area is 166 Å². The number of rotatable bonds is 4. The van der Waals surface area contributed by atoms with Crippen LogP contribution in [0.3, 0.4) is 0 Å². The van der Waals surface area contributed by atoms with Crippen molar-refractivity contribution in [3.8, 4) is 11.5 Å². The molecule has 1 saturated heterocycles. The molecule has 2 amide bonds. The minimum atomic E-state index is -0.573. The Morgan fingerprint density at radius 1 is 0.964 bits per heavy atom. The van der Waals surface area contributed by atoms with Crippen LogP contribution in [0.4, 0.5) is 11.4 Å². The van der Waals surface area contributed by atoms with Crippen LogP contribution in [0.2, 0.25) is 5.02 Å². The molecule has 8 heteroatoms. The lowest BCUT2D eigenvalue weighted by Crippen LogP contribution is -2.30. The second-order valence-electron chi connectivity index (χ2n) is 7.01. The van der Waals surface area contributed by atoms with E-state index in [-0.39, 0.29) is 40.8 Å². The number of nitro groups is 1. The first-order chi connectivity index (χ1) is 13.4. The van der Waals surface area contributed by atoms with E-state index >= 15 is 0 Å². The van der Waals surface area contributed by atoms with E-state index in [1.807, 2.05) is 0 Å². The molecule has 7 nitrogen and oxygen atoms in total. The number of non-ortho nitro benzene ring substituents is 1. The van der Waals surface area contributed by atoms with Crippen molar-refractivity contribution in [2.75, 3.05) is 4.90 Å². The summed E-state index contributed by atoms with van der Waals surface area (Å²) in [4.78, 5) is 37.5. The molecule has 1 heterocycles. The molecule has 2 fully saturated rings. The molecule has 2 aliphatic rings. The van der Waals surface area contributed by atoms with Crippen molar-refractivity contribution in [2.24, 2.45) is 11.8 Å². The van der Waals surface area contributed by atoms with Crippen LogP contribution in [0, 0.1) is 22.0 Å². The van der Waals surface area contributed by atoms with Crippen LogP contribution in [0.1, 0.15) is 25.7 Å². The average molecular weight is 401 g/mol. The van der Waals surface area contributed by atoms with Gasteiger partial charge in [0.2, 0.25) is 11.8 Å². The topological polar surface area (TPSA) is 89.8 Å². The zero-order valence-corrected chi connectivity index (χ0v) is 15.6. The monoisotopic (exact) mass is 400 g/mol. The van der Waals surface area contributed by atoms with Crippen LogP contribution in [-0.2, 0) is 9.59 Å². The summed E-state index contributed by atoms with van der Waals surface area (Å²) >= 11 is 5.86. The summed E-state index contributed by atoms with van der Waals surface area (Å²) in [7, 11) is 0. The molecular weight excluding hydrogens is 384 g/mol. The zero-order chi connectivity index (χ0) is 19.8. The number of anilines is 1. The lowest BCUT2D eigenvalue weighted by Gasteiger charge is -2.19. The normalized spacial score (nSPS) is 21.5. The van der Waals surface area contributed by atoms with Gasteiger partial charge in [-0.15, -0.1) is 0 Å². The lowest BCUT2D eigenvalue weighted by atomic mass is 9.81. The van der Waals surface area contributed by atoms with E-state index in [0.717, 1.165) is 17.7 Å². The highest BCUT2D eigenvalue weighted by atomic mass is 35.5. The van der Waals surface area contributed by atoms with Crippen LogP contribution in [-0.4, -0.2) is 16.7 Å². The number of benzene rings is 2. The number of amides is 2. The maximum atomic E-state index is 12.8. The fourth-order valence-corrected chi connectivity index (χ4v) is 4.04. The predicted octanol–water partition coefficient (Wildman–Crippen LogP) is 4.72. The van der Waals surface area contributed by atoms with Gasteiger partial charge < -0.3 is 4.74 Å². The third kappa shape index (κ3) is 3.33. The maximum Gasteiger partial charge on any atom is 0.275 e. The second kappa shape index (κ2) is 7.24. The van der Waals surface area contributed by atoms with E-state index in [0.29, 0.717) is 23.6 Å². The largest absolute Gasteiger partial charge is 0.457 e. The summed E-state index contributed by atoms with van der Waals surface area (Å²) < 4.78 is 5.70. The van der Waals surface area contributed by atoms with E-state index < -0.39 is 4.92 Å². The quantitative estimate of drug-likeness (QED) is 0.420. The van der Waals surface area contributed by atoms with E-state index in [1.165, 1.54) is 18.2 Å². The molecule has 2 atom stereocenters. The standard InChI is InChI=1S/C20H17ClN2O5/c21-12-5-7-15(8-6-12)28-16-10-13(9-14(11-16)23(26)27)22-19(24)17-3-1-2-4-18(17)20(22)25/h5-11,17-18H,1-4H2/t17-,18+. The van der Waals surface area contributed by atoms with E-state index in [2.05, 4.69) is 0 Å². The molecule has 0 N–H and O–H groups in total. The molecule has 28 heavy (non-hydrogen) atoms. The summed E-state index contributed by atoms with van der Waals surface area (Å²) in [5.74, 6) is -0.631. The highest BCUT2D eigenvalue weighted by Crippen LogP contribution is 2.42. The zero-order valence-electron chi connectivity index (χ0n) is 14.8. The second-order valence-corrected chi connectivity index (χ2v) is 7.44. The first-order valence-electron chi connectivity index (χ1n) is 9.05. The number of carbonyl (C=O) groups is 2. The Kier molecular flexibility index (Phi) is 4.77. The molecule has 0 unspecified atom stereocenters. The molecule has 1 aliphatic carbocycles. The van der Waals surface area contributed by atoms with Crippen LogP contribution in [0.5, 0.6) is 11.5 Å². The number of fused-ring (bicyclic) bond motifs is 1. The molecule has 2 aromatic carbocycles. The summed E-state index contributed by atoms with van der Waals surface area (Å²) in [6.07, 6.45) is 3.17. The summed E-state index contributed by atoms with van der Waals surface area (Å²) in [5, 5.41) is 11.9. The fraction of sp³-hybridized carbons (Fsp3) is 0.300. The molecule has 4 rings (SSSR count). The third-order valence-corrected chi connectivity index (χ3v) is 5.49. The molecule has 144 valence electrons. The summed E-state index contributed by atoms with van der Waals surface area (Å²) in [6.45, 7) is 0. The minimum absolute atomic E-state index is 0.169. The third-order valence-electron chi connectivity index (χ3n) is 5.24. The van der Waals surface area contributed by atoms with Crippen molar-refractivity contribution in [2.45, 2.75) is 25.7 Å². The number of imide groups is 1. The van der Waals surface area contributed by atoms with Gasteiger partial charge >= 0.3 is 0 Å². The first-order valence-corrected chi connectivity index (χ1v) is 9.42. The van der Waals surface area contributed by atoms with Crippen LogP contribution < -0.4 is 9.64 Å². The van der Waals surface area contributed by atoms with Crippen molar-refractivity contribution in [3.63, 3.8) is 0 Å². The van der Waals surface area contributed by atoms with E-state index in [9.17, 15) is 19.7 Å². The Morgan fingerprint density at radius 2 is 1.57 bits per heavy atom. The highest BCUT2D eigenvalue weighted by Gasteiger charge is 2.49. The van der Waals surface area contributed by atoms with Gasteiger partial charge in [0.05, 0.1) is 28.5 Å². The Bertz CT molecular complexity index is 936. The molecule has 0 spiro atoms. The predicted molar refractivity (Wildman–Crippen MR) is 103 cm³/mol. The Hall–Kier alpha value is -2.93. The minimum Gasteiger partial charge on any atom is -0.457 e. The molecule has 2 aromatic rings. The van der Waals surface area contributed by atoms with Crippen molar-refractivity contribution in [1.29, 1.82) is 0 Å². The Morgan fingerprint density at radius 3 is 2.14 bits per heavy atom. The number of hydrogen-bond donors (Lipinski definition) is 0. The smallest absolute Gasteiger partial charge is 0.275 e. The van der Waals surface area contributed by atoms with Crippen molar-refractivity contribution in [1.82, 2.24) is 0 Å². The average Bonchev–Trinajstić information content (AvgIpc) is 2.94. The number of carbonyl (C=O) groups excluding carboxylic acids is 2. The van der Waals surface area contributed by atoms with Crippen molar-refractivity contribution >= 4 is 34.8 Å².